The minimum absolute atomic E-state index is 0.0241. The molecule has 1 aliphatic rings. The monoisotopic (exact) mass is 344 g/mol. The van der Waals surface area contributed by atoms with Gasteiger partial charge in [-0.2, -0.15) is 0 Å². The average Bonchev–Trinajstić information content (AvgIpc) is 3.03. The van der Waals surface area contributed by atoms with Crippen molar-refractivity contribution in [1.29, 1.82) is 0 Å². The van der Waals surface area contributed by atoms with Crippen LogP contribution in [0.5, 0.6) is 0 Å². The van der Waals surface area contributed by atoms with Gasteiger partial charge >= 0.3 is 0 Å². The first kappa shape index (κ1) is 19.5. The highest BCUT2D eigenvalue weighted by Gasteiger charge is 2.35. The third-order valence-corrected chi connectivity index (χ3v) is 5.26. The number of anilines is 1. The molecule has 1 fully saturated rings. The van der Waals surface area contributed by atoms with E-state index in [0.717, 1.165) is 31.5 Å². The molecule has 0 bridgehead atoms. The topological polar surface area (TPSA) is 49.4 Å². The van der Waals surface area contributed by atoms with Crippen molar-refractivity contribution in [3.05, 3.63) is 29.8 Å². The summed E-state index contributed by atoms with van der Waals surface area (Å²) in [6.07, 6.45) is 5.93. The third-order valence-electron chi connectivity index (χ3n) is 5.26. The molecule has 2 amide bonds. The van der Waals surface area contributed by atoms with Crippen LogP contribution < -0.4 is 10.2 Å². The van der Waals surface area contributed by atoms with Crippen LogP contribution in [0.3, 0.4) is 0 Å². The number of amides is 2. The van der Waals surface area contributed by atoms with Gasteiger partial charge in [0.05, 0.1) is 5.92 Å². The predicted molar refractivity (Wildman–Crippen MR) is 103 cm³/mol. The van der Waals surface area contributed by atoms with Crippen molar-refractivity contribution in [3.8, 4) is 0 Å². The minimum Gasteiger partial charge on any atom is -0.356 e. The van der Waals surface area contributed by atoms with Crippen LogP contribution in [0.2, 0.25) is 0 Å². The Bertz CT molecular complexity index is 568. The Hall–Kier alpha value is -1.84. The predicted octanol–water partition coefficient (Wildman–Crippen LogP) is 3.93. The van der Waals surface area contributed by atoms with Gasteiger partial charge in [-0.1, -0.05) is 52.2 Å². The molecule has 2 rings (SSSR count). The van der Waals surface area contributed by atoms with E-state index in [1.54, 1.807) is 4.90 Å². The van der Waals surface area contributed by atoms with Crippen molar-refractivity contribution < 1.29 is 9.59 Å². The summed E-state index contributed by atoms with van der Waals surface area (Å²) in [5, 5.41) is 3.08. The lowest BCUT2D eigenvalue weighted by molar-refractivity contribution is -0.126. The zero-order valence-corrected chi connectivity index (χ0v) is 15.9. The van der Waals surface area contributed by atoms with E-state index in [-0.39, 0.29) is 17.7 Å². The molecule has 4 heteroatoms. The summed E-state index contributed by atoms with van der Waals surface area (Å²) in [5.74, 6) is 0.374. The smallest absolute Gasteiger partial charge is 0.227 e. The number of unbranched alkanes of at least 4 members (excludes halogenated alkanes) is 1. The van der Waals surface area contributed by atoms with Gasteiger partial charge in [0.2, 0.25) is 11.8 Å². The number of nitrogens with one attached hydrogen (secondary N) is 1. The van der Waals surface area contributed by atoms with Gasteiger partial charge in [-0.25, -0.2) is 0 Å². The lowest BCUT2D eigenvalue weighted by Crippen LogP contribution is -2.35. The van der Waals surface area contributed by atoms with Gasteiger partial charge in [0.25, 0.3) is 0 Å². The van der Waals surface area contributed by atoms with Crippen LogP contribution in [-0.2, 0) is 16.0 Å². The molecule has 2 unspecified atom stereocenters. The number of aryl methyl sites for hydroxylation is 1. The summed E-state index contributed by atoms with van der Waals surface area (Å²) in [7, 11) is 0. The van der Waals surface area contributed by atoms with E-state index in [2.05, 4.69) is 38.2 Å². The number of carbonyl (C=O) groups is 2. The molecule has 1 saturated heterocycles. The molecular formula is C21H32N2O2. The van der Waals surface area contributed by atoms with Gasteiger partial charge in [-0.15, -0.1) is 0 Å². The van der Waals surface area contributed by atoms with E-state index in [9.17, 15) is 9.59 Å². The molecule has 25 heavy (non-hydrogen) atoms. The number of benzene rings is 1. The molecule has 1 aliphatic heterocycles. The highest BCUT2D eigenvalue weighted by atomic mass is 16.2. The van der Waals surface area contributed by atoms with Gasteiger partial charge in [-0.05, 0) is 36.5 Å². The number of nitrogens with zero attached hydrogens (tertiary/aromatic N) is 1. The van der Waals surface area contributed by atoms with Crippen molar-refractivity contribution in [2.75, 3.05) is 18.0 Å². The molecule has 1 heterocycles. The van der Waals surface area contributed by atoms with Crippen LogP contribution in [0.1, 0.15) is 58.4 Å². The molecule has 4 nitrogen and oxygen atoms in total. The Morgan fingerprint density at radius 2 is 1.96 bits per heavy atom. The third kappa shape index (κ3) is 5.32. The lowest BCUT2D eigenvalue weighted by atomic mass is 9.99. The standard InChI is InChI=1S/C21H32N2O2/c1-4-7-8-17(6-3)14-22-21(25)18-13-20(24)23(15-18)19-11-9-16(5-2)10-12-19/h9-12,17-18H,4-8,13-15H2,1-3H3,(H,22,25). The molecule has 0 radical (unpaired) electrons. The van der Waals surface area contributed by atoms with Crippen molar-refractivity contribution in [2.24, 2.45) is 11.8 Å². The van der Waals surface area contributed by atoms with E-state index in [0.29, 0.717) is 18.9 Å². The summed E-state index contributed by atoms with van der Waals surface area (Å²) in [6.45, 7) is 7.69. The normalized spacial score (nSPS) is 18.4. The van der Waals surface area contributed by atoms with Gasteiger partial charge in [0.15, 0.2) is 0 Å². The molecular weight excluding hydrogens is 312 g/mol. The molecule has 0 saturated carbocycles. The van der Waals surface area contributed by atoms with Crippen LogP contribution in [0.4, 0.5) is 5.69 Å². The van der Waals surface area contributed by atoms with Crippen molar-refractivity contribution in [3.63, 3.8) is 0 Å². The SMILES string of the molecule is CCCCC(CC)CNC(=O)C1CC(=O)N(c2ccc(CC)cc2)C1. The van der Waals surface area contributed by atoms with Crippen LogP contribution in [0.15, 0.2) is 24.3 Å². The molecule has 0 aromatic heterocycles. The van der Waals surface area contributed by atoms with E-state index in [1.165, 1.54) is 18.4 Å². The Balaban J connectivity index is 1.88. The Kier molecular flexibility index (Phi) is 7.48. The molecule has 138 valence electrons. The van der Waals surface area contributed by atoms with Gasteiger partial charge < -0.3 is 10.2 Å². The highest BCUT2D eigenvalue weighted by Crippen LogP contribution is 2.25. The zero-order chi connectivity index (χ0) is 18.2. The second-order valence-electron chi connectivity index (χ2n) is 7.09. The lowest BCUT2D eigenvalue weighted by Gasteiger charge is -2.18. The minimum atomic E-state index is -0.234. The fraction of sp³-hybridized carbons (Fsp3) is 0.619. The van der Waals surface area contributed by atoms with E-state index in [1.807, 2.05) is 12.1 Å². The zero-order valence-electron chi connectivity index (χ0n) is 15.9. The summed E-state index contributed by atoms with van der Waals surface area (Å²) in [6, 6.07) is 8.06. The van der Waals surface area contributed by atoms with Crippen LogP contribution in [0, 0.1) is 11.8 Å². The van der Waals surface area contributed by atoms with E-state index >= 15 is 0 Å². The molecule has 1 N–H and O–H groups in total. The fourth-order valence-electron chi connectivity index (χ4n) is 3.38. The van der Waals surface area contributed by atoms with Gasteiger partial charge in [-0.3, -0.25) is 9.59 Å². The molecule has 0 aliphatic carbocycles. The summed E-state index contributed by atoms with van der Waals surface area (Å²) in [5.41, 5.74) is 2.15. The second-order valence-corrected chi connectivity index (χ2v) is 7.09. The number of hydrogen-bond donors (Lipinski definition) is 1. The quantitative estimate of drug-likeness (QED) is 0.738. The molecule has 2 atom stereocenters. The van der Waals surface area contributed by atoms with Gasteiger partial charge in [0.1, 0.15) is 0 Å². The van der Waals surface area contributed by atoms with Crippen molar-refractivity contribution >= 4 is 17.5 Å². The van der Waals surface area contributed by atoms with Gasteiger partial charge in [0, 0.05) is 25.2 Å². The largest absolute Gasteiger partial charge is 0.356 e. The van der Waals surface area contributed by atoms with Crippen LogP contribution in [0.25, 0.3) is 0 Å². The molecule has 1 aromatic carbocycles. The molecule has 0 spiro atoms. The average molecular weight is 344 g/mol. The first-order valence-corrected chi connectivity index (χ1v) is 9.75. The van der Waals surface area contributed by atoms with Crippen molar-refractivity contribution in [1.82, 2.24) is 5.32 Å². The highest BCUT2D eigenvalue weighted by molar-refractivity contribution is 6.00. The van der Waals surface area contributed by atoms with E-state index in [4.69, 9.17) is 0 Å². The Labute approximate surface area is 152 Å². The maximum Gasteiger partial charge on any atom is 0.227 e. The van der Waals surface area contributed by atoms with Crippen LogP contribution >= 0.6 is 0 Å². The Morgan fingerprint density at radius 1 is 1.24 bits per heavy atom. The fourth-order valence-corrected chi connectivity index (χ4v) is 3.38. The van der Waals surface area contributed by atoms with E-state index < -0.39 is 0 Å². The maximum atomic E-state index is 12.5. The number of rotatable bonds is 9. The maximum absolute atomic E-state index is 12.5. The van der Waals surface area contributed by atoms with Crippen LogP contribution in [-0.4, -0.2) is 24.9 Å². The first-order valence-electron chi connectivity index (χ1n) is 9.75. The van der Waals surface area contributed by atoms with Crippen molar-refractivity contribution in [2.45, 2.75) is 59.3 Å². The number of hydrogen-bond acceptors (Lipinski definition) is 2. The summed E-state index contributed by atoms with van der Waals surface area (Å²) < 4.78 is 0. The second kappa shape index (κ2) is 9.59. The Morgan fingerprint density at radius 3 is 2.56 bits per heavy atom. The summed E-state index contributed by atoms with van der Waals surface area (Å²) in [4.78, 5) is 26.5. The number of carbonyl (C=O) groups excluding carboxylic acids is 2. The summed E-state index contributed by atoms with van der Waals surface area (Å²) >= 11 is 0. The first-order chi connectivity index (χ1) is 12.1. The molecule has 1 aromatic rings.